The fraction of sp³-hybridized carbons (Fsp3) is 0.300. The van der Waals surface area contributed by atoms with Gasteiger partial charge in [-0.15, -0.1) is 0 Å². The second-order valence-electron chi connectivity index (χ2n) is 7.09. The number of fused-ring (bicyclic) bond motifs is 1. The number of benzene rings is 2. The highest BCUT2D eigenvalue weighted by atomic mass is 32.2. The number of hydrogen-bond acceptors (Lipinski definition) is 5. The van der Waals surface area contributed by atoms with Crippen LogP contribution < -0.4 is 5.32 Å². The maximum atomic E-state index is 13.9. The number of nitrogens with one attached hydrogen (secondary N) is 1. The summed E-state index contributed by atoms with van der Waals surface area (Å²) >= 11 is 1.42. The van der Waals surface area contributed by atoms with Gasteiger partial charge in [0.2, 0.25) is 15.9 Å². The molecule has 4 rings (SSSR count). The summed E-state index contributed by atoms with van der Waals surface area (Å²) < 4.78 is 41.5. The Morgan fingerprint density at radius 2 is 1.93 bits per heavy atom. The van der Waals surface area contributed by atoms with Crippen molar-refractivity contribution in [3.63, 3.8) is 0 Å². The van der Waals surface area contributed by atoms with Crippen molar-refractivity contribution in [1.82, 2.24) is 9.29 Å². The van der Waals surface area contributed by atoms with Crippen molar-refractivity contribution < 1.29 is 17.6 Å². The number of nitrogens with zero attached hydrogens (tertiary/aromatic N) is 2. The molecule has 1 saturated heterocycles. The normalized spacial score (nSPS) is 16.2. The molecule has 6 nitrogen and oxygen atoms in total. The molecule has 1 N–H and O–H groups in total. The second-order valence-corrected chi connectivity index (χ2v) is 10.0. The smallest absolute Gasteiger partial charge is 0.245 e. The molecular weight excluding hydrogens is 413 g/mol. The van der Waals surface area contributed by atoms with Crippen molar-refractivity contribution in [3.8, 4) is 0 Å². The van der Waals surface area contributed by atoms with Gasteiger partial charge in [-0.2, -0.15) is 4.31 Å². The summed E-state index contributed by atoms with van der Waals surface area (Å²) in [6.07, 6.45) is 0.757. The largest absolute Gasteiger partial charge is 0.302 e. The summed E-state index contributed by atoms with van der Waals surface area (Å²) in [5, 5.41) is 3.39. The van der Waals surface area contributed by atoms with E-state index in [1.165, 1.54) is 33.8 Å². The van der Waals surface area contributed by atoms with E-state index >= 15 is 0 Å². The SMILES string of the molecule is Cc1ccc2nc(NC(=O)C3CCN(S(=O)(=O)c4ccccc4F)CC3)sc2c1. The fourth-order valence-electron chi connectivity index (χ4n) is 3.44. The van der Waals surface area contributed by atoms with Crippen LogP contribution in [0.5, 0.6) is 0 Å². The first-order chi connectivity index (χ1) is 13.8. The van der Waals surface area contributed by atoms with E-state index < -0.39 is 15.8 Å². The van der Waals surface area contributed by atoms with Gasteiger partial charge in [0.25, 0.3) is 0 Å². The zero-order valence-corrected chi connectivity index (χ0v) is 17.4. The van der Waals surface area contributed by atoms with Crippen LogP contribution in [0.15, 0.2) is 47.4 Å². The zero-order valence-electron chi connectivity index (χ0n) is 15.8. The summed E-state index contributed by atoms with van der Waals surface area (Å²) in [6.45, 7) is 2.35. The van der Waals surface area contributed by atoms with Gasteiger partial charge in [0.15, 0.2) is 5.13 Å². The van der Waals surface area contributed by atoms with Gasteiger partial charge in [0, 0.05) is 19.0 Å². The third-order valence-electron chi connectivity index (χ3n) is 5.05. The van der Waals surface area contributed by atoms with Crippen molar-refractivity contribution in [2.24, 2.45) is 5.92 Å². The van der Waals surface area contributed by atoms with Crippen molar-refractivity contribution in [2.45, 2.75) is 24.7 Å². The van der Waals surface area contributed by atoms with E-state index in [1.54, 1.807) is 0 Å². The number of piperidine rings is 1. The van der Waals surface area contributed by atoms with Crippen molar-refractivity contribution in [1.29, 1.82) is 0 Å². The molecule has 3 aromatic rings. The lowest BCUT2D eigenvalue weighted by Gasteiger charge is -2.30. The Morgan fingerprint density at radius 1 is 1.21 bits per heavy atom. The molecule has 1 aliphatic rings. The average molecular weight is 434 g/mol. The zero-order chi connectivity index (χ0) is 20.6. The molecule has 0 unspecified atom stereocenters. The third kappa shape index (κ3) is 4.03. The number of sulfonamides is 1. The standard InChI is InChI=1S/C20H20FN3O3S2/c1-13-6-7-16-17(12-13)28-20(22-16)23-19(25)14-8-10-24(11-9-14)29(26,27)18-5-3-2-4-15(18)21/h2-7,12,14H,8-11H2,1H3,(H,22,23,25). The molecule has 0 radical (unpaired) electrons. The minimum atomic E-state index is -3.91. The molecular formula is C20H20FN3O3S2. The van der Waals surface area contributed by atoms with Gasteiger partial charge in [-0.3, -0.25) is 4.79 Å². The number of thiazole rings is 1. The molecule has 1 amide bonds. The van der Waals surface area contributed by atoms with Crippen LogP contribution in [0.4, 0.5) is 9.52 Å². The third-order valence-corrected chi connectivity index (χ3v) is 7.92. The number of carbonyl (C=O) groups excluding carboxylic acids is 1. The molecule has 0 spiro atoms. The Bertz CT molecular complexity index is 1170. The Balaban J connectivity index is 1.41. The Hall–Kier alpha value is -2.36. The molecule has 0 saturated carbocycles. The van der Waals surface area contributed by atoms with Gasteiger partial charge >= 0.3 is 0 Å². The number of aryl methyl sites for hydroxylation is 1. The van der Waals surface area contributed by atoms with Gasteiger partial charge < -0.3 is 5.32 Å². The quantitative estimate of drug-likeness (QED) is 0.679. The van der Waals surface area contributed by atoms with Crippen LogP contribution in [0.1, 0.15) is 18.4 Å². The fourth-order valence-corrected chi connectivity index (χ4v) is 5.95. The minimum Gasteiger partial charge on any atom is -0.302 e. The minimum absolute atomic E-state index is 0.163. The van der Waals surface area contributed by atoms with Crippen LogP contribution in [0.25, 0.3) is 10.2 Å². The van der Waals surface area contributed by atoms with E-state index in [2.05, 4.69) is 10.3 Å². The predicted molar refractivity (Wildman–Crippen MR) is 111 cm³/mol. The number of aromatic nitrogens is 1. The highest BCUT2D eigenvalue weighted by Crippen LogP contribution is 2.29. The van der Waals surface area contributed by atoms with Gasteiger partial charge in [-0.05, 0) is 49.6 Å². The molecule has 152 valence electrons. The van der Waals surface area contributed by atoms with Gasteiger partial charge in [-0.1, -0.05) is 29.5 Å². The van der Waals surface area contributed by atoms with Gasteiger partial charge in [0.05, 0.1) is 10.2 Å². The van der Waals surface area contributed by atoms with Crippen LogP contribution in [0.2, 0.25) is 0 Å². The molecule has 1 aliphatic heterocycles. The number of halogens is 1. The van der Waals surface area contributed by atoms with Crippen molar-refractivity contribution in [2.75, 3.05) is 18.4 Å². The van der Waals surface area contributed by atoms with E-state index in [9.17, 15) is 17.6 Å². The molecule has 2 heterocycles. The van der Waals surface area contributed by atoms with Crippen LogP contribution in [0.3, 0.4) is 0 Å². The highest BCUT2D eigenvalue weighted by molar-refractivity contribution is 7.89. The van der Waals surface area contributed by atoms with Crippen LogP contribution in [-0.4, -0.2) is 36.7 Å². The number of hydrogen-bond donors (Lipinski definition) is 1. The second kappa shape index (κ2) is 7.81. The lowest BCUT2D eigenvalue weighted by Crippen LogP contribution is -2.41. The van der Waals surface area contributed by atoms with E-state index in [4.69, 9.17) is 0 Å². The lowest BCUT2D eigenvalue weighted by molar-refractivity contribution is -0.120. The van der Waals surface area contributed by atoms with E-state index in [1.807, 2.05) is 25.1 Å². The molecule has 9 heteroatoms. The summed E-state index contributed by atoms with van der Waals surface area (Å²) in [4.78, 5) is 16.7. The number of rotatable bonds is 4. The summed E-state index contributed by atoms with van der Waals surface area (Å²) in [7, 11) is -3.91. The molecule has 29 heavy (non-hydrogen) atoms. The van der Waals surface area contributed by atoms with Crippen LogP contribution in [0, 0.1) is 18.7 Å². The van der Waals surface area contributed by atoms with E-state index in [0.717, 1.165) is 21.8 Å². The summed E-state index contributed by atoms with van der Waals surface area (Å²) in [5.74, 6) is -1.24. The molecule has 0 bridgehead atoms. The summed E-state index contributed by atoms with van der Waals surface area (Å²) in [6, 6.07) is 11.3. The molecule has 0 atom stereocenters. The molecule has 2 aromatic carbocycles. The number of amides is 1. The first-order valence-corrected chi connectivity index (χ1v) is 11.5. The first-order valence-electron chi connectivity index (χ1n) is 9.27. The highest BCUT2D eigenvalue weighted by Gasteiger charge is 2.33. The van der Waals surface area contributed by atoms with Crippen LogP contribution in [-0.2, 0) is 14.8 Å². The monoisotopic (exact) mass is 433 g/mol. The van der Waals surface area contributed by atoms with Gasteiger partial charge in [0.1, 0.15) is 10.7 Å². The maximum absolute atomic E-state index is 13.9. The molecule has 1 aromatic heterocycles. The van der Waals surface area contributed by atoms with E-state index in [-0.39, 0.29) is 29.8 Å². The Morgan fingerprint density at radius 3 is 2.66 bits per heavy atom. The first kappa shape index (κ1) is 19.9. The average Bonchev–Trinajstić information content (AvgIpc) is 3.09. The Labute approximate surface area is 172 Å². The summed E-state index contributed by atoms with van der Waals surface area (Å²) in [5.41, 5.74) is 1.96. The van der Waals surface area contributed by atoms with E-state index in [0.29, 0.717) is 18.0 Å². The lowest BCUT2D eigenvalue weighted by atomic mass is 9.97. The van der Waals surface area contributed by atoms with Crippen LogP contribution >= 0.6 is 11.3 Å². The van der Waals surface area contributed by atoms with Gasteiger partial charge in [-0.25, -0.2) is 17.8 Å². The number of anilines is 1. The molecule has 1 fully saturated rings. The molecule has 0 aliphatic carbocycles. The van der Waals surface area contributed by atoms with Crippen molar-refractivity contribution >= 4 is 42.6 Å². The van der Waals surface area contributed by atoms with Crippen molar-refractivity contribution in [3.05, 3.63) is 53.8 Å². The predicted octanol–water partition coefficient (Wildman–Crippen LogP) is 3.78. The maximum Gasteiger partial charge on any atom is 0.245 e. The number of carbonyl (C=O) groups is 1. The topological polar surface area (TPSA) is 79.4 Å². The Kier molecular flexibility index (Phi) is 5.37.